The molecule has 1 atom stereocenters. The SMILES string of the molecule is CNCC1COC(=O)O1.Cl. The monoisotopic (exact) mass is 167 g/mol. The number of nitrogens with one attached hydrogen (secondary N) is 1. The Morgan fingerprint density at radius 3 is 2.90 bits per heavy atom. The van der Waals surface area contributed by atoms with Crippen molar-refractivity contribution < 1.29 is 14.3 Å². The van der Waals surface area contributed by atoms with E-state index in [0.717, 1.165) is 0 Å². The number of hydrogen-bond acceptors (Lipinski definition) is 4. The van der Waals surface area contributed by atoms with E-state index < -0.39 is 6.16 Å². The molecule has 0 radical (unpaired) electrons. The Hall–Kier alpha value is -0.480. The second-order valence-corrected chi connectivity index (χ2v) is 1.86. The number of halogens is 1. The summed E-state index contributed by atoms with van der Waals surface area (Å²) in [5.74, 6) is 0. The third-order valence-corrected chi connectivity index (χ3v) is 1.08. The highest BCUT2D eigenvalue weighted by Crippen LogP contribution is 2.03. The minimum Gasteiger partial charge on any atom is -0.430 e. The Morgan fingerprint density at radius 1 is 1.80 bits per heavy atom. The second kappa shape index (κ2) is 4.35. The van der Waals surface area contributed by atoms with Crippen molar-refractivity contribution in [2.45, 2.75) is 6.10 Å². The molecular formula is C5H10ClNO3. The van der Waals surface area contributed by atoms with Crippen LogP contribution in [0.25, 0.3) is 0 Å². The lowest BCUT2D eigenvalue weighted by molar-refractivity contribution is 0.118. The van der Waals surface area contributed by atoms with Gasteiger partial charge in [0.15, 0.2) is 6.10 Å². The largest absolute Gasteiger partial charge is 0.508 e. The molecule has 0 spiro atoms. The number of carbonyl (C=O) groups excluding carboxylic acids is 1. The second-order valence-electron chi connectivity index (χ2n) is 1.86. The number of ether oxygens (including phenoxy) is 2. The topological polar surface area (TPSA) is 47.6 Å². The molecule has 0 saturated carbocycles. The lowest BCUT2D eigenvalue weighted by Crippen LogP contribution is -2.25. The number of hydrogen-bond donors (Lipinski definition) is 1. The zero-order valence-corrected chi connectivity index (χ0v) is 6.44. The fourth-order valence-corrected chi connectivity index (χ4v) is 0.693. The molecule has 1 unspecified atom stereocenters. The van der Waals surface area contributed by atoms with Gasteiger partial charge in [0, 0.05) is 6.54 Å². The molecule has 5 heteroatoms. The van der Waals surface area contributed by atoms with Crippen LogP contribution in [0.15, 0.2) is 0 Å². The highest BCUT2D eigenvalue weighted by molar-refractivity contribution is 5.85. The van der Waals surface area contributed by atoms with Crippen LogP contribution in [0.4, 0.5) is 4.79 Å². The molecule has 1 N–H and O–H groups in total. The van der Waals surface area contributed by atoms with Gasteiger partial charge < -0.3 is 14.8 Å². The summed E-state index contributed by atoms with van der Waals surface area (Å²) in [4.78, 5) is 10.3. The summed E-state index contributed by atoms with van der Waals surface area (Å²) in [6.07, 6.45) is -0.655. The van der Waals surface area contributed by atoms with Gasteiger partial charge in [0.1, 0.15) is 6.61 Å². The fraction of sp³-hybridized carbons (Fsp3) is 0.800. The average Bonchev–Trinajstić information content (AvgIpc) is 2.17. The first kappa shape index (κ1) is 9.52. The molecule has 0 aliphatic carbocycles. The summed E-state index contributed by atoms with van der Waals surface area (Å²) in [6, 6.07) is 0. The van der Waals surface area contributed by atoms with Gasteiger partial charge in [-0.15, -0.1) is 12.4 Å². The van der Waals surface area contributed by atoms with Gasteiger partial charge in [0.05, 0.1) is 0 Å². The molecule has 0 aromatic rings. The van der Waals surface area contributed by atoms with Crippen LogP contribution in [-0.4, -0.2) is 32.5 Å². The molecule has 0 amide bonds. The van der Waals surface area contributed by atoms with E-state index in [0.29, 0.717) is 13.2 Å². The highest BCUT2D eigenvalue weighted by Gasteiger charge is 2.23. The molecule has 1 aliphatic rings. The van der Waals surface area contributed by atoms with Crippen molar-refractivity contribution in [3.05, 3.63) is 0 Å². The third-order valence-electron chi connectivity index (χ3n) is 1.08. The summed E-state index contributed by atoms with van der Waals surface area (Å²) in [5.41, 5.74) is 0. The molecule has 0 aromatic heterocycles. The summed E-state index contributed by atoms with van der Waals surface area (Å²) in [7, 11) is 1.80. The minimum absolute atomic E-state index is 0. The first-order valence-electron chi connectivity index (χ1n) is 2.81. The van der Waals surface area contributed by atoms with E-state index in [1.807, 2.05) is 0 Å². The molecular weight excluding hydrogens is 158 g/mol. The van der Waals surface area contributed by atoms with Crippen LogP contribution < -0.4 is 5.32 Å². The lowest BCUT2D eigenvalue weighted by Gasteiger charge is -2.02. The highest BCUT2D eigenvalue weighted by atomic mass is 35.5. The lowest BCUT2D eigenvalue weighted by atomic mass is 10.4. The molecule has 1 fully saturated rings. The average molecular weight is 168 g/mol. The predicted octanol–water partition coefficient (Wildman–Crippen LogP) is 0.163. The Kier molecular flexibility index (Phi) is 4.14. The molecule has 0 aromatic carbocycles. The number of likely N-dealkylation sites (N-methyl/N-ethyl adjacent to an activating group) is 1. The van der Waals surface area contributed by atoms with E-state index in [9.17, 15) is 4.79 Å². The van der Waals surface area contributed by atoms with Gasteiger partial charge in [-0.25, -0.2) is 4.79 Å². The third kappa shape index (κ3) is 2.41. The predicted molar refractivity (Wildman–Crippen MR) is 37.4 cm³/mol. The van der Waals surface area contributed by atoms with Gasteiger partial charge in [-0.05, 0) is 7.05 Å². The standard InChI is InChI=1S/C5H9NO3.ClH/c1-6-2-4-3-8-5(7)9-4;/h4,6H,2-3H2,1H3;1H. The maximum absolute atomic E-state index is 10.3. The molecule has 1 aliphatic heterocycles. The van der Waals surface area contributed by atoms with Crippen LogP contribution in [-0.2, 0) is 9.47 Å². The quantitative estimate of drug-likeness (QED) is 0.596. The van der Waals surface area contributed by atoms with Gasteiger partial charge in [0.25, 0.3) is 0 Å². The van der Waals surface area contributed by atoms with Gasteiger partial charge in [-0.3, -0.25) is 0 Å². The molecule has 10 heavy (non-hydrogen) atoms. The number of carbonyl (C=O) groups is 1. The molecule has 0 bridgehead atoms. The molecule has 4 nitrogen and oxygen atoms in total. The Labute approximate surface area is 65.3 Å². The van der Waals surface area contributed by atoms with Crippen molar-refractivity contribution in [2.75, 3.05) is 20.2 Å². The van der Waals surface area contributed by atoms with Gasteiger partial charge in [0.2, 0.25) is 0 Å². The van der Waals surface area contributed by atoms with Crippen molar-refractivity contribution in [3.63, 3.8) is 0 Å². The Balaban J connectivity index is 0.000000810. The van der Waals surface area contributed by atoms with Gasteiger partial charge >= 0.3 is 6.16 Å². The van der Waals surface area contributed by atoms with Crippen LogP contribution in [0.2, 0.25) is 0 Å². The van der Waals surface area contributed by atoms with Crippen LogP contribution in [0.5, 0.6) is 0 Å². The summed E-state index contributed by atoms with van der Waals surface area (Å²) in [5, 5.41) is 2.87. The summed E-state index contributed by atoms with van der Waals surface area (Å²) < 4.78 is 9.19. The van der Waals surface area contributed by atoms with Crippen molar-refractivity contribution in [2.24, 2.45) is 0 Å². The van der Waals surface area contributed by atoms with E-state index in [1.54, 1.807) is 7.05 Å². The minimum atomic E-state index is -0.560. The van der Waals surface area contributed by atoms with Crippen molar-refractivity contribution >= 4 is 18.6 Å². The van der Waals surface area contributed by atoms with Crippen LogP contribution >= 0.6 is 12.4 Å². The van der Waals surface area contributed by atoms with E-state index in [4.69, 9.17) is 0 Å². The molecule has 1 heterocycles. The first-order valence-corrected chi connectivity index (χ1v) is 2.81. The van der Waals surface area contributed by atoms with E-state index in [-0.39, 0.29) is 18.5 Å². The fourth-order valence-electron chi connectivity index (χ4n) is 0.693. The molecule has 1 saturated heterocycles. The number of rotatable bonds is 2. The Bertz CT molecular complexity index is 119. The smallest absolute Gasteiger partial charge is 0.430 e. The Morgan fingerprint density at radius 2 is 2.50 bits per heavy atom. The van der Waals surface area contributed by atoms with Gasteiger partial charge in [-0.1, -0.05) is 0 Å². The van der Waals surface area contributed by atoms with Gasteiger partial charge in [-0.2, -0.15) is 0 Å². The van der Waals surface area contributed by atoms with Crippen molar-refractivity contribution in [1.82, 2.24) is 5.32 Å². The maximum Gasteiger partial charge on any atom is 0.508 e. The molecule has 1 rings (SSSR count). The zero-order chi connectivity index (χ0) is 6.69. The van der Waals surface area contributed by atoms with Crippen LogP contribution in [0.1, 0.15) is 0 Å². The van der Waals surface area contributed by atoms with E-state index in [2.05, 4.69) is 14.8 Å². The van der Waals surface area contributed by atoms with E-state index in [1.165, 1.54) is 0 Å². The zero-order valence-electron chi connectivity index (χ0n) is 5.62. The first-order chi connectivity index (χ1) is 4.33. The normalized spacial score (nSPS) is 22.9. The van der Waals surface area contributed by atoms with Crippen molar-refractivity contribution in [1.29, 1.82) is 0 Å². The molecule has 60 valence electrons. The maximum atomic E-state index is 10.3. The number of cyclic esters (lactones) is 2. The summed E-state index contributed by atoms with van der Waals surface area (Å²) >= 11 is 0. The van der Waals surface area contributed by atoms with E-state index >= 15 is 0 Å². The van der Waals surface area contributed by atoms with Crippen LogP contribution in [0, 0.1) is 0 Å². The van der Waals surface area contributed by atoms with Crippen LogP contribution in [0.3, 0.4) is 0 Å². The van der Waals surface area contributed by atoms with Crippen molar-refractivity contribution in [3.8, 4) is 0 Å². The summed E-state index contributed by atoms with van der Waals surface area (Å²) in [6.45, 7) is 1.03.